The van der Waals surface area contributed by atoms with Crippen LogP contribution in [0.1, 0.15) is 53.5 Å². The Morgan fingerprint density at radius 3 is 2.53 bits per heavy atom. The number of nitrogens with one attached hydrogen (secondary N) is 1. The molecule has 1 aromatic heterocycles. The first kappa shape index (κ1) is 28.6. The highest BCUT2D eigenvalue weighted by Crippen LogP contribution is 2.59. The number of carbonyl (C=O) groups is 2. The lowest BCUT2D eigenvalue weighted by molar-refractivity contribution is -0.287. The SMILES string of the molecule is CCS(=O)(=O)c1ccc(CNC(=O)c2ccc3c(c2)nc([C@@H]2C[C@@]2(C)C(=O)O)n3Cc2cccc3c2OC(F)(F)O3)cc1. The van der Waals surface area contributed by atoms with Gasteiger partial charge in [0.05, 0.1) is 33.6 Å². The lowest BCUT2D eigenvalue weighted by atomic mass is 10.1. The van der Waals surface area contributed by atoms with Crippen LogP contribution in [0, 0.1) is 5.41 Å². The highest BCUT2D eigenvalue weighted by molar-refractivity contribution is 7.91. The normalized spacial score (nSPS) is 20.2. The summed E-state index contributed by atoms with van der Waals surface area (Å²) in [4.78, 5) is 29.9. The Kier molecular flexibility index (Phi) is 6.68. The molecule has 1 saturated carbocycles. The molecule has 0 bridgehead atoms. The minimum Gasteiger partial charge on any atom is -0.481 e. The van der Waals surface area contributed by atoms with E-state index in [1.807, 2.05) is 0 Å². The monoisotopic (exact) mass is 611 g/mol. The molecule has 2 N–H and O–H groups in total. The van der Waals surface area contributed by atoms with Gasteiger partial charge in [0.1, 0.15) is 5.82 Å². The van der Waals surface area contributed by atoms with Gasteiger partial charge in [0.15, 0.2) is 21.3 Å². The molecule has 6 rings (SSSR count). The number of hydrogen-bond acceptors (Lipinski definition) is 7. The van der Waals surface area contributed by atoms with Gasteiger partial charge in [-0.15, -0.1) is 8.78 Å². The second-order valence-corrected chi connectivity index (χ2v) is 13.2. The maximum Gasteiger partial charge on any atom is 0.586 e. The lowest BCUT2D eigenvalue weighted by Gasteiger charge is -2.13. The van der Waals surface area contributed by atoms with Crippen molar-refractivity contribution in [2.75, 3.05) is 5.75 Å². The maximum atomic E-state index is 13.8. The number of fused-ring (bicyclic) bond motifs is 2. The molecule has 2 heterocycles. The van der Waals surface area contributed by atoms with Gasteiger partial charge in [-0.3, -0.25) is 9.59 Å². The molecule has 0 unspecified atom stereocenters. The molecule has 1 aliphatic carbocycles. The Bertz CT molecular complexity index is 1890. The standard InChI is InChI=1S/C30H27F2N3O7S/c1-3-43(39,40)20-10-7-17(8-11-20)15-33-27(36)18-9-12-23-22(13-18)34-26(21-14-29(21,2)28(37)38)35(23)16-19-5-4-6-24-25(19)42-30(31,32)41-24/h4-13,21H,3,14-16H2,1-2H3,(H,33,36)(H,37,38)/t21-,29+/m0/s1. The number of hydrogen-bond donors (Lipinski definition) is 2. The van der Waals surface area contributed by atoms with E-state index in [1.54, 1.807) is 60.9 Å². The number of carboxylic acid groups (broad SMARTS) is 1. The van der Waals surface area contributed by atoms with Gasteiger partial charge in [0.25, 0.3) is 5.91 Å². The van der Waals surface area contributed by atoms with Gasteiger partial charge in [-0.05, 0) is 55.3 Å². The first-order valence-corrected chi connectivity index (χ1v) is 15.2. The van der Waals surface area contributed by atoms with Crippen LogP contribution in [0.4, 0.5) is 8.78 Å². The molecule has 43 heavy (non-hydrogen) atoms. The Hall–Kier alpha value is -4.52. The summed E-state index contributed by atoms with van der Waals surface area (Å²) in [5.74, 6) is -1.53. The van der Waals surface area contributed by atoms with Crippen LogP contribution in [0.25, 0.3) is 11.0 Å². The van der Waals surface area contributed by atoms with Gasteiger partial charge < -0.3 is 24.5 Å². The number of ether oxygens (including phenoxy) is 2. The second-order valence-electron chi connectivity index (χ2n) is 10.9. The minimum atomic E-state index is -3.80. The highest BCUT2D eigenvalue weighted by Gasteiger charge is 2.59. The third kappa shape index (κ3) is 5.18. The zero-order valence-electron chi connectivity index (χ0n) is 23.1. The fraction of sp³-hybridized carbons (Fsp3) is 0.300. The molecule has 1 amide bonds. The van der Waals surface area contributed by atoms with Gasteiger partial charge in [-0.1, -0.05) is 31.2 Å². The molecular formula is C30H27F2N3O7S. The van der Waals surface area contributed by atoms with E-state index in [9.17, 15) is 31.9 Å². The van der Waals surface area contributed by atoms with Crippen molar-refractivity contribution in [1.82, 2.24) is 14.9 Å². The Labute approximate surface area is 245 Å². The number of aromatic nitrogens is 2. The number of alkyl halides is 2. The summed E-state index contributed by atoms with van der Waals surface area (Å²) in [5, 5.41) is 12.6. The van der Waals surface area contributed by atoms with Crippen LogP contribution in [0.2, 0.25) is 0 Å². The van der Waals surface area contributed by atoms with Crippen molar-refractivity contribution in [3.05, 3.63) is 83.2 Å². The van der Waals surface area contributed by atoms with Crippen molar-refractivity contribution in [3.63, 3.8) is 0 Å². The third-order valence-corrected chi connectivity index (χ3v) is 9.78. The van der Waals surface area contributed by atoms with Crippen molar-refractivity contribution in [1.29, 1.82) is 0 Å². The quantitative estimate of drug-likeness (QED) is 0.278. The van der Waals surface area contributed by atoms with Crippen LogP contribution >= 0.6 is 0 Å². The molecule has 13 heteroatoms. The van der Waals surface area contributed by atoms with Crippen LogP contribution in [-0.4, -0.2) is 47.0 Å². The number of amides is 1. The summed E-state index contributed by atoms with van der Waals surface area (Å²) >= 11 is 0. The number of halogens is 2. The molecule has 0 radical (unpaired) electrons. The van der Waals surface area contributed by atoms with E-state index >= 15 is 0 Å². The Balaban J connectivity index is 1.29. The molecule has 1 fully saturated rings. The summed E-state index contributed by atoms with van der Waals surface area (Å²) in [6.45, 7) is 3.41. The van der Waals surface area contributed by atoms with Crippen molar-refractivity contribution in [2.24, 2.45) is 5.41 Å². The highest BCUT2D eigenvalue weighted by atomic mass is 32.2. The van der Waals surface area contributed by atoms with Crippen LogP contribution in [0.5, 0.6) is 11.5 Å². The number of para-hydroxylation sites is 1. The predicted molar refractivity (Wildman–Crippen MR) is 150 cm³/mol. The van der Waals surface area contributed by atoms with Gasteiger partial charge in [-0.2, -0.15) is 0 Å². The number of sulfone groups is 1. The largest absolute Gasteiger partial charge is 0.586 e. The van der Waals surface area contributed by atoms with E-state index in [0.29, 0.717) is 40.0 Å². The Morgan fingerprint density at radius 2 is 1.86 bits per heavy atom. The number of carboxylic acids is 1. The maximum absolute atomic E-state index is 13.8. The van der Waals surface area contributed by atoms with Crippen LogP contribution in [0.15, 0.2) is 65.6 Å². The molecular weight excluding hydrogens is 584 g/mol. The van der Waals surface area contributed by atoms with Crippen molar-refractivity contribution in [2.45, 2.75) is 50.5 Å². The molecule has 10 nitrogen and oxygen atoms in total. The van der Waals surface area contributed by atoms with Gasteiger partial charge in [0, 0.05) is 23.6 Å². The fourth-order valence-corrected chi connectivity index (χ4v) is 6.17. The van der Waals surface area contributed by atoms with E-state index in [-0.39, 0.29) is 35.2 Å². The van der Waals surface area contributed by atoms with Gasteiger partial charge in [-0.25, -0.2) is 13.4 Å². The summed E-state index contributed by atoms with van der Waals surface area (Å²) < 4.78 is 62.9. The predicted octanol–water partition coefficient (Wildman–Crippen LogP) is 4.71. The molecule has 2 atom stereocenters. The number of rotatable bonds is 9. The second kappa shape index (κ2) is 10.0. The molecule has 3 aromatic carbocycles. The zero-order valence-corrected chi connectivity index (χ0v) is 24.0. The molecule has 4 aromatic rings. The molecule has 0 saturated heterocycles. The number of nitrogens with zero attached hydrogens (tertiary/aromatic N) is 2. The lowest BCUT2D eigenvalue weighted by Crippen LogP contribution is -2.26. The average Bonchev–Trinajstić information content (AvgIpc) is 3.39. The molecule has 1 aliphatic heterocycles. The summed E-state index contributed by atoms with van der Waals surface area (Å²) in [6.07, 6.45) is -3.45. The molecule has 2 aliphatic rings. The fourth-order valence-electron chi connectivity index (χ4n) is 5.29. The van der Waals surface area contributed by atoms with Gasteiger partial charge in [0.2, 0.25) is 0 Å². The third-order valence-electron chi connectivity index (χ3n) is 8.03. The van der Waals surface area contributed by atoms with E-state index in [4.69, 9.17) is 9.72 Å². The summed E-state index contributed by atoms with van der Waals surface area (Å²) in [5.41, 5.74) is 1.41. The topological polar surface area (TPSA) is 137 Å². The van der Waals surface area contributed by atoms with Crippen molar-refractivity contribution < 1.29 is 41.4 Å². The zero-order chi connectivity index (χ0) is 30.7. The number of benzene rings is 3. The average molecular weight is 612 g/mol. The van der Waals surface area contributed by atoms with Gasteiger partial charge >= 0.3 is 12.3 Å². The van der Waals surface area contributed by atoms with Crippen molar-refractivity contribution >= 4 is 32.7 Å². The van der Waals surface area contributed by atoms with Crippen LogP contribution < -0.4 is 14.8 Å². The molecule has 224 valence electrons. The first-order chi connectivity index (χ1) is 20.3. The summed E-state index contributed by atoms with van der Waals surface area (Å²) in [7, 11) is -3.33. The van der Waals surface area contributed by atoms with Crippen molar-refractivity contribution in [3.8, 4) is 11.5 Å². The first-order valence-electron chi connectivity index (χ1n) is 13.5. The Morgan fingerprint density at radius 1 is 1.12 bits per heavy atom. The van der Waals surface area contributed by atoms with Crippen LogP contribution in [0.3, 0.4) is 0 Å². The smallest absolute Gasteiger partial charge is 0.481 e. The van der Waals surface area contributed by atoms with E-state index in [2.05, 4.69) is 10.1 Å². The van der Waals surface area contributed by atoms with E-state index in [0.717, 1.165) is 0 Å². The van der Waals surface area contributed by atoms with Crippen LogP contribution in [-0.2, 0) is 27.7 Å². The van der Waals surface area contributed by atoms with E-state index < -0.39 is 39.3 Å². The van der Waals surface area contributed by atoms with E-state index in [1.165, 1.54) is 18.2 Å². The number of carbonyl (C=O) groups excluding carboxylic acids is 1. The number of aliphatic carboxylic acids is 1. The minimum absolute atomic E-state index is 0.00892. The number of imidazole rings is 1. The molecule has 0 spiro atoms. The summed E-state index contributed by atoms with van der Waals surface area (Å²) in [6, 6.07) is 15.7.